The van der Waals surface area contributed by atoms with E-state index in [1.54, 1.807) is 0 Å². The largest absolute Gasteiger partial charge is 0.388 e. The Labute approximate surface area is 155 Å². The summed E-state index contributed by atoms with van der Waals surface area (Å²) in [5.41, 5.74) is 7.13. The van der Waals surface area contributed by atoms with E-state index in [0.29, 0.717) is 0 Å². The van der Waals surface area contributed by atoms with E-state index in [-0.39, 0.29) is 12.5 Å². The van der Waals surface area contributed by atoms with Crippen LogP contribution in [0.2, 0.25) is 0 Å². The van der Waals surface area contributed by atoms with E-state index in [9.17, 15) is 5.11 Å². The number of nitrogens with two attached hydrogens (primary N) is 1. The minimum Gasteiger partial charge on any atom is -0.388 e. The molecule has 1 aliphatic rings. The maximum Gasteiger partial charge on any atom is 0.0849 e. The monoisotopic (exact) mass is 355 g/mol. The third kappa shape index (κ3) is 4.66. The van der Waals surface area contributed by atoms with Crippen LogP contribution in [0.5, 0.6) is 0 Å². The average molecular weight is 356 g/mol. The van der Waals surface area contributed by atoms with Crippen molar-refractivity contribution < 1.29 is 5.11 Å². The lowest BCUT2D eigenvalue weighted by atomic mass is 9.78. The Morgan fingerprint density at radius 1 is 1.00 bits per heavy atom. The highest BCUT2D eigenvalue weighted by Crippen LogP contribution is 2.37. The lowest BCUT2D eigenvalue weighted by Gasteiger charge is -2.33. The van der Waals surface area contributed by atoms with Crippen molar-refractivity contribution in [3.05, 3.63) is 65.7 Å². The molecule has 3 N–H and O–H groups in total. The molecule has 2 aromatic carbocycles. The minimum atomic E-state index is -0.973. The van der Waals surface area contributed by atoms with Gasteiger partial charge in [-0.2, -0.15) is 0 Å². The summed E-state index contributed by atoms with van der Waals surface area (Å²) in [6, 6.07) is 18.9. The molecule has 2 aromatic rings. The Kier molecular flexibility index (Phi) is 6.21. The minimum absolute atomic E-state index is 0.118. The van der Waals surface area contributed by atoms with Crippen molar-refractivity contribution in [3.8, 4) is 0 Å². The zero-order valence-electron chi connectivity index (χ0n) is 15.0. The van der Waals surface area contributed by atoms with Crippen LogP contribution in [0.4, 0.5) is 0 Å². The van der Waals surface area contributed by atoms with Gasteiger partial charge in [0.05, 0.1) is 5.60 Å². The van der Waals surface area contributed by atoms with Crippen LogP contribution in [0.25, 0.3) is 0 Å². The molecule has 2 unspecified atom stereocenters. The number of hydrogen-bond acceptors (Lipinski definition) is 3. The smallest absolute Gasteiger partial charge is 0.0849 e. The summed E-state index contributed by atoms with van der Waals surface area (Å²) < 4.78 is 0. The van der Waals surface area contributed by atoms with Gasteiger partial charge in [0.25, 0.3) is 0 Å². The molecule has 25 heavy (non-hydrogen) atoms. The number of hydrogen-bond donors (Lipinski definition) is 2. The Bertz CT molecular complexity index is 647. The summed E-state index contributed by atoms with van der Waals surface area (Å²) >= 11 is 2.01. The van der Waals surface area contributed by atoms with E-state index >= 15 is 0 Å². The van der Waals surface area contributed by atoms with Crippen LogP contribution in [0.3, 0.4) is 0 Å². The summed E-state index contributed by atoms with van der Waals surface area (Å²) in [5, 5.41) is 11.7. The number of benzene rings is 2. The van der Waals surface area contributed by atoms with E-state index in [2.05, 4.69) is 36.4 Å². The molecule has 134 valence electrons. The first kappa shape index (κ1) is 18.5. The number of thioether (sulfide) groups is 1. The molecule has 3 rings (SSSR count). The molecule has 2 nitrogen and oxygen atoms in total. The first-order chi connectivity index (χ1) is 12.1. The van der Waals surface area contributed by atoms with Gasteiger partial charge in [0.2, 0.25) is 0 Å². The topological polar surface area (TPSA) is 46.2 Å². The molecule has 0 amide bonds. The van der Waals surface area contributed by atoms with Crippen LogP contribution < -0.4 is 5.73 Å². The zero-order chi connectivity index (χ0) is 17.7. The van der Waals surface area contributed by atoms with Gasteiger partial charge in [-0.3, -0.25) is 0 Å². The number of aliphatic hydroxyl groups is 1. The van der Waals surface area contributed by atoms with E-state index < -0.39 is 5.60 Å². The zero-order valence-corrected chi connectivity index (χ0v) is 15.8. The molecule has 2 atom stereocenters. The van der Waals surface area contributed by atoms with Crippen molar-refractivity contribution in [1.29, 1.82) is 0 Å². The van der Waals surface area contributed by atoms with Gasteiger partial charge in [-0.05, 0) is 43.0 Å². The highest BCUT2D eigenvalue weighted by Gasteiger charge is 2.33. The molecule has 0 bridgehead atoms. The van der Waals surface area contributed by atoms with E-state index in [1.807, 2.05) is 36.9 Å². The van der Waals surface area contributed by atoms with Crippen LogP contribution >= 0.6 is 11.8 Å². The van der Waals surface area contributed by atoms with Gasteiger partial charge in [-0.1, -0.05) is 61.7 Å². The fourth-order valence-electron chi connectivity index (χ4n) is 3.79. The van der Waals surface area contributed by atoms with Gasteiger partial charge in [0.1, 0.15) is 0 Å². The quantitative estimate of drug-likeness (QED) is 0.770. The second-order valence-corrected chi connectivity index (χ2v) is 8.73. The molecule has 0 heterocycles. The summed E-state index contributed by atoms with van der Waals surface area (Å²) in [7, 11) is 0. The van der Waals surface area contributed by atoms with E-state index in [1.165, 1.54) is 37.0 Å². The molecular weight excluding hydrogens is 326 g/mol. The highest BCUT2D eigenvalue weighted by atomic mass is 32.2. The van der Waals surface area contributed by atoms with Gasteiger partial charge in [-0.25, -0.2) is 0 Å². The predicted molar refractivity (Wildman–Crippen MR) is 107 cm³/mol. The normalized spacial score (nSPS) is 19.3. The lowest BCUT2D eigenvalue weighted by molar-refractivity contribution is 0.0518. The SMILES string of the molecule is CC(O)(CN)C(c1ccccc1)c1ccc(SC2CCCCC2)cc1. The first-order valence-electron chi connectivity index (χ1n) is 9.34. The molecule has 3 heteroatoms. The fraction of sp³-hybridized carbons (Fsp3) is 0.455. The van der Waals surface area contributed by atoms with Crippen LogP contribution in [0.15, 0.2) is 59.5 Å². The maximum absolute atomic E-state index is 10.9. The van der Waals surface area contributed by atoms with Crippen LogP contribution in [0, 0.1) is 0 Å². The third-order valence-corrected chi connectivity index (χ3v) is 6.59. The van der Waals surface area contributed by atoms with E-state index in [4.69, 9.17) is 5.73 Å². The molecule has 1 aliphatic carbocycles. The molecule has 1 saturated carbocycles. The summed E-state index contributed by atoms with van der Waals surface area (Å²) in [4.78, 5) is 1.33. The summed E-state index contributed by atoms with van der Waals surface area (Å²) in [6.45, 7) is 2.06. The van der Waals surface area contributed by atoms with Crippen molar-refractivity contribution in [2.24, 2.45) is 5.73 Å². The second-order valence-electron chi connectivity index (χ2n) is 7.35. The molecule has 1 fully saturated rings. The van der Waals surface area contributed by atoms with Crippen molar-refractivity contribution >= 4 is 11.8 Å². The van der Waals surface area contributed by atoms with Crippen molar-refractivity contribution in [1.82, 2.24) is 0 Å². The van der Waals surface area contributed by atoms with E-state index in [0.717, 1.165) is 16.4 Å². The Morgan fingerprint density at radius 3 is 2.20 bits per heavy atom. The van der Waals surface area contributed by atoms with Gasteiger partial charge >= 0.3 is 0 Å². The molecular formula is C22H29NOS. The van der Waals surface area contributed by atoms with Gasteiger partial charge in [-0.15, -0.1) is 11.8 Å². The molecule has 0 spiro atoms. The standard InChI is InChI=1S/C22H29NOS/c1-22(24,16-23)21(17-8-4-2-5-9-17)18-12-14-20(15-13-18)25-19-10-6-3-7-11-19/h2,4-5,8-9,12-15,19,21,24H,3,6-7,10-11,16,23H2,1H3. The second kappa shape index (κ2) is 8.39. The maximum atomic E-state index is 10.9. The molecule has 0 radical (unpaired) electrons. The number of rotatable bonds is 6. The van der Waals surface area contributed by atoms with Crippen molar-refractivity contribution in [2.75, 3.05) is 6.54 Å². The van der Waals surface area contributed by atoms with Crippen molar-refractivity contribution in [3.63, 3.8) is 0 Å². The Balaban J connectivity index is 1.81. The van der Waals surface area contributed by atoms with Crippen LogP contribution in [0.1, 0.15) is 56.1 Å². The molecule has 0 aromatic heterocycles. The van der Waals surface area contributed by atoms with Crippen molar-refractivity contribution in [2.45, 2.75) is 60.7 Å². The van der Waals surface area contributed by atoms with Crippen LogP contribution in [-0.4, -0.2) is 22.5 Å². The third-order valence-electron chi connectivity index (χ3n) is 5.24. The van der Waals surface area contributed by atoms with Gasteiger partial charge in [0, 0.05) is 22.6 Å². The average Bonchev–Trinajstić information content (AvgIpc) is 2.65. The van der Waals surface area contributed by atoms with Gasteiger partial charge < -0.3 is 10.8 Å². The van der Waals surface area contributed by atoms with Gasteiger partial charge in [0.15, 0.2) is 0 Å². The Morgan fingerprint density at radius 2 is 1.60 bits per heavy atom. The molecule has 0 saturated heterocycles. The predicted octanol–water partition coefficient (Wildman–Crippen LogP) is 4.95. The van der Waals surface area contributed by atoms with Crippen LogP contribution in [-0.2, 0) is 0 Å². The lowest BCUT2D eigenvalue weighted by Crippen LogP contribution is -2.41. The highest BCUT2D eigenvalue weighted by molar-refractivity contribution is 8.00. The summed E-state index contributed by atoms with van der Waals surface area (Å²) in [5.74, 6) is -0.118. The molecule has 0 aliphatic heterocycles. The summed E-state index contributed by atoms with van der Waals surface area (Å²) in [6.07, 6.45) is 6.79. The first-order valence-corrected chi connectivity index (χ1v) is 10.2. The Hall–Kier alpha value is -1.29. The fourth-order valence-corrected chi connectivity index (χ4v) is 5.04.